The van der Waals surface area contributed by atoms with E-state index in [1.54, 1.807) is 16.9 Å². The van der Waals surface area contributed by atoms with Crippen LogP contribution in [0.25, 0.3) is 0 Å². The van der Waals surface area contributed by atoms with E-state index in [2.05, 4.69) is 10.4 Å². The predicted molar refractivity (Wildman–Crippen MR) is 61.7 cm³/mol. The molecule has 1 aromatic carbocycles. The maximum absolute atomic E-state index is 13.5. The molecule has 0 atom stereocenters. The summed E-state index contributed by atoms with van der Waals surface area (Å²) in [5.74, 6) is -0.220. The molecule has 0 saturated carbocycles. The van der Waals surface area contributed by atoms with Gasteiger partial charge in [0.25, 0.3) is 0 Å². The van der Waals surface area contributed by atoms with Gasteiger partial charge in [-0.25, -0.2) is 4.39 Å². The lowest BCUT2D eigenvalue weighted by molar-refractivity contribution is 0.628. The number of nitrogens with one attached hydrogen (secondary N) is 1. The van der Waals surface area contributed by atoms with E-state index in [1.165, 1.54) is 6.07 Å². The van der Waals surface area contributed by atoms with E-state index in [4.69, 9.17) is 0 Å². The summed E-state index contributed by atoms with van der Waals surface area (Å²) in [5, 5.41) is 7.10. The molecule has 1 N–H and O–H groups in total. The first-order valence-electron chi connectivity index (χ1n) is 5.14. The van der Waals surface area contributed by atoms with Gasteiger partial charge in [-0.2, -0.15) is 5.10 Å². The Morgan fingerprint density at radius 1 is 1.38 bits per heavy atom. The highest BCUT2D eigenvalue weighted by Gasteiger charge is 2.03. The summed E-state index contributed by atoms with van der Waals surface area (Å²) in [6, 6.07) is 7.06. The van der Waals surface area contributed by atoms with Crippen molar-refractivity contribution in [3.8, 4) is 0 Å². The summed E-state index contributed by atoms with van der Waals surface area (Å²) in [6.45, 7) is 2.43. The molecule has 3 nitrogen and oxygen atoms in total. The van der Waals surface area contributed by atoms with Crippen LogP contribution < -0.4 is 5.32 Å². The van der Waals surface area contributed by atoms with Crippen LogP contribution in [0.5, 0.6) is 0 Å². The number of rotatable bonds is 3. The first-order chi connectivity index (χ1) is 7.66. The van der Waals surface area contributed by atoms with E-state index >= 15 is 0 Å². The van der Waals surface area contributed by atoms with Crippen molar-refractivity contribution < 1.29 is 4.39 Å². The summed E-state index contributed by atoms with van der Waals surface area (Å²) >= 11 is 0. The number of anilines is 1. The maximum atomic E-state index is 13.5. The average molecular weight is 219 g/mol. The Morgan fingerprint density at radius 3 is 2.81 bits per heavy atom. The largest absolute Gasteiger partial charge is 0.377 e. The molecule has 0 radical (unpaired) electrons. The van der Waals surface area contributed by atoms with E-state index in [0.29, 0.717) is 12.2 Å². The van der Waals surface area contributed by atoms with Crippen molar-refractivity contribution in [3.63, 3.8) is 0 Å². The Bertz CT molecular complexity index is 491. The number of benzene rings is 1. The predicted octanol–water partition coefficient (Wildman–Crippen LogP) is 2.48. The van der Waals surface area contributed by atoms with Crippen molar-refractivity contribution in [1.82, 2.24) is 9.78 Å². The summed E-state index contributed by atoms with van der Waals surface area (Å²) in [7, 11) is 1.86. The fourth-order valence-corrected chi connectivity index (χ4v) is 1.52. The number of nitrogens with zero attached hydrogens (tertiary/aromatic N) is 2. The van der Waals surface area contributed by atoms with Gasteiger partial charge < -0.3 is 5.32 Å². The van der Waals surface area contributed by atoms with Gasteiger partial charge >= 0.3 is 0 Å². The Kier molecular flexibility index (Phi) is 2.90. The number of hydrogen-bond donors (Lipinski definition) is 1. The summed E-state index contributed by atoms with van der Waals surface area (Å²) < 4.78 is 15.3. The van der Waals surface area contributed by atoms with E-state index in [9.17, 15) is 4.39 Å². The third kappa shape index (κ3) is 2.21. The molecule has 1 aromatic heterocycles. The van der Waals surface area contributed by atoms with E-state index in [1.807, 2.05) is 26.1 Å². The van der Waals surface area contributed by atoms with Crippen LogP contribution >= 0.6 is 0 Å². The van der Waals surface area contributed by atoms with Crippen LogP contribution in [0.3, 0.4) is 0 Å². The van der Waals surface area contributed by atoms with E-state index in [-0.39, 0.29) is 5.82 Å². The van der Waals surface area contributed by atoms with Crippen LogP contribution in [0, 0.1) is 12.7 Å². The van der Waals surface area contributed by atoms with Crippen LogP contribution in [0.4, 0.5) is 10.1 Å². The molecule has 0 amide bonds. The van der Waals surface area contributed by atoms with Crippen molar-refractivity contribution in [1.29, 1.82) is 0 Å². The van der Waals surface area contributed by atoms with E-state index in [0.717, 1.165) is 11.3 Å². The van der Waals surface area contributed by atoms with Crippen LogP contribution in [0.2, 0.25) is 0 Å². The first kappa shape index (κ1) is 10.7. The lowest BCUT2D eigenvalue weighted by Gasteiger charge is -2.08. The van der Waals surface area contributed by atoms with E-state index < -0.39 is 0 Å². The SMILES string of the molecule is Cc1ccc(NCc2ccnn2C)c(F)c1. The smallest absolute Gasteiger partial charge is 0.146 e. The fourth-order valence-electron chi connectivity index (χ4n) is 1.52. The number of aryl methyl sites for hydroxylation is 2. The minimum atomic E-state index is -0.220. The van der Waals surface area contributed by atoms with Gasteiger partial charge in [-0.15, -0.1) is 0 Å². The molecule has 0 saturated heterocycles. The standard InChI is InChI=1S/C12H14FN3/c1-9-3-4-12(11(13)7-9)14-8-10-5-6-15-16(10)2/h3-7,14H,8H2,1-2H3. The summed E-state index contributed by atoms with van der Waals surface area (Å²) in [4.78, 5) is 0. The zero-order valence-corrected chi connectivity index (χ0v) is 9.37. The van der Waals surface area contributed by atoms with Gasteiger partial charge in [0, 0.05) is 13.2 Å². The third-order valence-corrected chi connectivity index (χ3v) is 2.51. The topological polar surface area (TPSA) is 29.9 Å². The van der Waals surface area contributed by atoms with Crippen LogP contribution in [-0.2, 0) is 13.6 Å². The molecule has 0 bridgehead atoms. The Labute approximate surface area is 93.9 Å². The van der Waals surface area contributed by atoms with Crippen molar-refractivity contribution >= 4 is 5.69 Å². The molecule has 0 aliphatic heterocycles. The second-order valence-corrected chi connectivity index (χ2v) is 3.78. The zero-order chi connectivity index (χ0) is 11.5. The Balaban J connectivity index is 2.08. The third-order valence-electron chi connectivity index (χ3n) is 2.51. The highest BCUT2D eigenvalue weighted by molar-refractivity contribution is 5.46. The van der Waals surface area contributed by atoms with Gasteiger partial charge in [0.15, 0.2) is 0 Å². The van der Waals surface area contributed by atoms with Gasteiger partial charge in [-0.1, -0.05) is 6.07 Å². The normalized spacial score (nSPS) is 10.4. The molecule has 1 heterocycles. The lowest BCUT2D eigenvalue weighted by Crippen LogP contribution is -2.06. The van der Waals surface area contributed by atoms with Gasteiger partial charge in [0.1, 0.15) is 5.82 Å². The Morgan fingerprint density at radius 2 is 2.19 bits per heavy atom. The van der Waals surface area contributed by atoms with Gasteiger partial charge in [-0.3, -0.25) is 4.68 Å². The second kappa shape index (κ2) is 4.35. The Hall–Kier alpha value is -1.84. The fraction of sp³-hybridized carbons (Fsp3) is 0.250. The average Bonchev–Trinajstić information content (AvgIpc) is 2.63. The molecule has 0 fully saturated rings. The van der Waals surface area contributed by atoms with Crippen LogP contribution in [-0.4, -0.2) is 9.78 Å². The molecular weight excluding hydrogens is 205 g/mol. The molecule has 2 rings (SSSR count). The van der Waals surface area contributed by atoms with Gasteiger partial charge in [0.2, 0.25) is 0 Å². The number of hydrogen-bond acceptors (Lipinski definition) is 2. The maximum Gasteiger partial charge on any atom is 0.146 e. The molecule has 2 aromatic rings. The molecule has 0 spiro atoms. The molecule has 0 unspecified atom stereocenters. The monoisotopic (exact) mass is 219 g/mol. The van der Waals surface area contributed by atoms with Gasteiger partial charge in [0.05, 0.1) is 17.9 Å². The molecule has 16 heavy (non-hydrogen) atoms. The minimum absolute atomic E-state index is 0.220. The molecule has 0 aliphatic carbocycles. The summed E-state index contributed by atoms with van der Waals surface area (Å²) in [6.07, 6.45) is 1.72. The number of aromatic nitrogens is 2. The molecule has 4 heteroatoms. The minimum Gasteiger partial charge on any atom is -0.377 e. The van der Waals surface area contributed by atoms with Crippen molar-refractivity contribution in [2.75, 3.05) is 5.32 Å². The van der Waals surface area contributed by atoms with Crippen molar-refractivity contribution in [3.05, 3.63) is 47.5 Å². The molecule has 0 aliphatic rings. The molecular formula is C12H14FN3. The second-order valence-electron chi connectivity index (χ2n) is 3.78. The van der Waals surface area contributed by atoms with Crippen LogP contribution in [0.1, 0.15) is 11.3 Å². The van der Waals surface area contributed by atoms with Crippen molar-refractivity contribution in [2.45, 2.75) is 13.5 Å². The number of halogens is 1. The zero-order valence-electron chi connectivity index (χ0n) is 9.37. The molecule has 84 valence electrons. The summed E-state index contributed by atoms with van der Waals surface area (Å²) in [5.41, 5.74) is 2.45. The van der Waals surface area contributed by atoms with Gasteiger partial charge in [-0.05, 0) is 30.7 Å². The first-order valence-corrected chi connectivity index (χ1v) is 5.14. The van der Waals surface area contributed by atoms with Crippen LogP contribution in [0.15, 0.2) is 30.5 Å². The highest BCUT2D eigenvalue weighted by Crippen LogP contribution is 2.16. The lowest BCUT2D eigenvalue weighted by atomic mass is 10.2. The quantitative estimate of drug-likeness (QED) is 0.859. The highest BCUT2D eigenvalue weighted by atomic mass is 19.1. The van der Waals surface area contributed by atoms with Crippen molar-refractivity contribution in [2.24, 2.45) is 7.05 Å².